The molecule has 0 aromatic carbocycles. The molecule has 104 valence electrons. The molecule has 0 saturated carbocycles. The molecule has 14 heteroatoms. The molecule has 0 aliphatic rings. The van der Waals surface area contributed by atoms with Gasteiger partial charge in [-0.1, -0.05) is 67.4 Å². The smallest absolute Gasteiger partial charge is 0.269 e. The maximum atomic E-state index is 13.0. The molecule has 0 spiro atoms. The SMILES string of the molecule is CN(P(Cl)Cl)P(=O)(N(C)P(Cl)Cl)N(C)P(Cl)Cl. The van der Waals surface area contributed by atoms with Gasteiger partial charge in [0.25, 0.3) is 0 Å². The highest BCUT2D eigenvalue weighted by Crippen LogP contribution is 2.79. The van der Waals surface area contributed by atoms with E-state index in [-0.39, 0.29) is 0 Å². The summed E-state index contributed by atoms with van der Waals surface area (Å²) in [5, 5.41) is 0. The van der Waals surface area contributed by atoms with Crippen molar-refractivity contribution in [2.75, 3.05) is 21.1 Å². The molecule has 0 bridgehead atoms. The zero-order valence-electron chi connectivity index (χ0n) is 8.81. The molecule has 0 saturated heterocycles. The Labute approximate surface area is 133 Å². The van der Waals surface area contributed by atoms with Crippen LogP contribution in [0.2, 0.25) is 0 Å². The van der Waals surface area contributed by atoms with E-state index < -0.39 is 27.9 Å². The lowest BCUT2D eigenvalue weighted by Crippen LogP contribution is -2.25. The first-order valence-electron chi connectivity index (χ1n) is 3.74. The Morgan fingerprint density at radius 2 is 0.882 bits per heavy atom. The van der Waals surface area contributed by atoms with Gasteiger partial charge in [0, 0.05) is 21.1 Å². The number of rotatable bonds is 6. The summed E-state index contributed by atoms with van der Waals surface area (Å²) >= 11 is 34.7. The molecule has 0 aromatic rings. The van der Waals surface area contributed by atoms with Crippen LogP contribution < -0.4 is 0 Å². The van der Waals surface area contributed by atoms with Crippen molar-refractivity contribution >= 4 is 95.4 Å². The maximum Gasteiger partial charge on any atom is 0.301 e. The molecule has 0 rings (SSSR count). The van der Waals surface area contributed by atoms with E-state index in [0.29, 0.717) is 0 Å². The van der Waals surface area contributed by atoms with Gasteiger partial charge in [-0.05, 0) is 0 Å². The fourth-order valence-electron chi connectivity index (χ4n) is 0.826. The monoisotopic (exact) mass is 437 g/mol. The molecular weight excluding hydrogens is 431 g/mol. The Morgan fingerprint density at radius 3 is 1.00 bits per heavy atom. The van der Waals surface area contributed by atoms with Gasteiger partial charge in [0.05, 0.1) is 0 Å². The predicted octanol–water partition coefficient (Wildman–Crippen LogP) is 7.00. The van der Waals surface area contributed by atoms with Crippen molar-refractivity contribution in [2.24, 2.45) is 0 Å². The van der Waals surface area contributed by atoms with Crippen molar-refractivity contribution in [3.05, 3.63) is 0 Å². The molecule has 0 aliphatic heterocycles. The average Bonchev–Trinajstić information content (AvgIpc) is 2.24. The summed E-state index contributed by atoms with van der Waals surface area (Å²) < 4.78 is 16.8. The number of halogens is 6. The minimum absolute atomic E-state index is 1.28. The van der Waals surface area contributed by atoms with E-state index in [0.717, 1.165) is 0 Å². The summed E-state index contributed by atoms with van der Waals surface area (Å²) in [5.41, 5.74) is 0. The first-order valence-corrected chi connectivity index (χ1v) is 14.6. The third kappa shape index (κ3) is 5.12. The van der Waals surface area contributed by atoms with Gasteiger partial charge in [-0.25, -0.2) is 0 Å². The molecule has 0 aliphatic carbocycles. The van der Waals surface area contributed by atoms with Crippen LogP contribution >= 0.6 is 95.4 Å². The highest BCUT2D eigenvalue weighted by molar-refractivity contribution is 8.11. The summed E-state index contributed by atoms with van der Waals surface area (Å²) in [7, 11) is 1.13. The zero-order valence-corrected chi connectivity index (χ0v) is 16.9. The Balaban J connectivity index is 5.44. The summed E-state index contributed by atoms with van der Waals surface area (Å²) in [5.74, 6) is 0. The van der Waals surface area contributed by atoms with Gasteiger partial charge in [0.1, 0.15) is 0 Å². The van der Waals surface area contributed by atoms with Crippen molar-refractivity contribution in [3.8, 4) is 0 Å². The van der Waals surface area contributed by atoms with Crippen LogP contribution in [0.5, 0.6) is 0 Å². The van der Waals surface area contributed by atoms with Crippen molar-refractivity contribution in [1.82, 2.24) is 13.3 Å². The fourth-order valence-corrected chi connectivity index (χ4v) is 11.5. The van der Waals surface area contributed by atoms with E-state index in [1.807, 2.05) is 0 Å². The van der Waals surface area contributed by atoms with E-state index in [4.69, 9.17) is 67.4 Å². The van der Waals surface area contributed by atoms with Crippen LogP contribution in [0, 0.1) is 0 Å². The first kappa shape index (κ1) is 20.1. The van der Waals surface area contributed by atoms with Gasteiger partial charge < -0.3 is 0 Å². The maximum absolute atomic E-state index is 13.0. The van der Waals surface area contributed by atoms with Crippen molar-refractivity contribution in [1.29, 1.82) is 0 Å². The van der Waals surface area contributed by atoms with Crippen molar-refractivity contribution < 1.29 is 4.57 Å². The van der Waals surface area contributed by atoms with Gasteiger partial charge in [-0.3, -0.25) is 4.57 Å². The summed E-state index contributed by atoms with van der Waals surface area (Å²) in [6.07, 6.45) is 0. The third-order valence-electron chi connectivity index (χ3n) is 1.79. The largest absolute Gasteiger partial charge is 0.301 e. The van der Waals surface area contributed by atoms with Crippen LogP contribution in [0.25, 0.3) is 0 Å². The predicted molar refractivity (Wildman–Crippen MR) is 86.8 cm³/mol. The molecule has 4 nitrogen and oxygen atoms in total. The lowest BCUT2D eigenvalue weighted by atomic mass is 11.6. The summed E-state index contributed by atoms with van der Waals surface area (Å²) in [6, 6.07) is 0. The van der Waals surface area contributed by atoms with Crippen LogP contribution in [0.4, 0.5) is 0 Å². The van der Waals surface area contributed by atoms with Gasteiger partial charge in [0.15, 0.2) is 20.3 Å². The van der Waals surface area contributed by atoms with Gasteiger partial charge in [0.2, 0.25) is 0 Å². The van der Waals surface area contributed by atoms with E-state index in [9.17, 15) is 4.57 Å². The van der Waals surface area contributed by atoms with E-state index in [1.54, 1.807) is 0 Å². The molecule has 0 atom stereocenters. The molecule has 0 N–H and O–H groups in total. The second-order valence-electron chi connectivity index (χ2n) is 2.63. The number of nitrogens with zero attached hydrogens (tertiary/aromatic N) is 3. The molecule has 0 fully saturated rings. The molecule has 17 heavy (non-hydrogen) atoms. The highest BCUT2D eigenvalue weighted by atomic mass is 35.9. The Morgan fingerprint density at radius 1 is 0.706 bits per heavy atom. The molecule has 0 radical (unpaired) electrons. The van der Waals surface area contributed by atoms with Gasteiger partial charge in [-0.2, -0.15) is 13.3 Å². The Hall–Kier alpha value is 3.14. The molecule has 0 aromatic heterocycles. The molecule has 0 heterocycles. The summed E-state index contributed by atoms with van der Waals surface area (Å²) in [4.78, 5) is 0. The zero-order chi connectivity index (χ0) is 14.0. The minimum Gasteiger partial charge on any atom is -0.269 e. The standard InChI is InChI=1S/C3H9Cl6N3OP4/c1-10(14(4)5)17(13,11(2)15(6)7)12(3)16(8)9/h1-3H3. The second-order valence-corrected chi connectivity index (χ2v) is 16.8. The topological polar surface area (TPSA) is 26.8 Å². The number of hydrogen-bond donors (Lipinski definition) is 0. The first-order chi connectivity index (χ1) is 7.56. The van der Waals surface area contributed by atoms with Crippen molar-refractivity contribution in [3.63, 3.8) is 0 Å². The second kappa shape index (κ2) is 8.55. The van der Waals surface area contributed by atoms with Crippen LogP contribution in [0.3, 0.4) is 0 Å². The molecule has 0 unspecified atom stereocenters. The number of hydrogen-bond acceptors (Lipinski definition) is 1. The lowest BCUT2D eigenvalue weighted by Gasteiger charge is -2.40. The Bertz CT molecular complexity index is 251. The van der Waals surface area contributed by atoms with Crippen LogP contribution in [-0.4, -0.2) is 34.5 Å². The summed E-state index contributed by atoms with van der Waals surface area (Å²) in [6.45, 7) is -4.94. The highest BCUT2D eigenvalue weighted by Gasteiger charge is 2.45. The van der Waals surface area contributed by atoms with Crippen LogP contribution in [-0.2, 0) is 4.57 Å². The Kier molecular flexibility index (Phi) is 10.1. The average molecular weight is 440 g/mol. The lowest BCUT2D eigenvalue weighted by molar-refractivity contribution is 0.483. The molecule has 0 amide bonds. The quantitative estimate of drug-likeness (QED) is 0.416. The van der Waals surface area contributed by atoms with E-state index in [2.05, 4.69) is 0 Å². The third-order valence-corrected chi connectivity index (χ3v) is 15.0. The van der Waals surface area contributed by atoms with E-state index >= 15 is 0 Å². The van der Waals surface area contributed by atoms with Gasteiger partial charge in [-0.15, -0.1) is 0 Å². The minimum atomic E-state index is -3.37. The molecular formula is C3H9Cl6N3OP4. The van der Waals surface area contributed by atoms with Crippen LogP contribution in [0.1, 0.15) is 0 Å². The van der Waals surface area contributed by atoms with Gasteiger partial charge >= 0.3 is 7.59 Å². The fraction of sp³-hybridized carbons (Fsp3) is 1.00. The van der Waals surface area contributed by atoms with Crippen LogP contribution in [0.15, 0.2) is 0 Å². The van der Waals surface area contributed by atoms with E-state index in [1.165, 1.54) is 34.5 Å². The normalized spacial score (nSPS) is 14.1. The van der Waals surface area contributed by atoms with Crippen molar-refractivity contribution in [2.45, 2.75) is 0 Å².